The minimum atomic E-state index is -3.48. The predicted octanol–water partition coefficient (Wildman–Crippen LogP) is 0.518. The molecule has 0 spiro atoms. The van der Waals surface area contributed by atoms with Crippen molar-refractivity contribution in [3.63, 3.8) is 0 Å². The first kappa shape index (κ1) is 15.3. The van der Waals surface area contributed by atoms with Crippen molar-refractivity contribution in [2.24, 2.45) is 5.73 Å². The van der Waals surface area contributed by atoms with E-state index in [0.29, 0.717) is 23.9 Å². The summed E-state index contributed by atoms with van der Waals surface area (Å²) in [5, 5.41) is 0.312. The van der Waals surface area contributed by atoms with E-state index in [9.17, 15) is 8.42 Å². The number of hydrogen-bond acceptors (Lipinski definition) is 5. The highest BCUT2D eigenvalue weighted by atomic mass is 32.2. The van der Waals surface area contributed by atoms with Crippen LogP contribution in [0.3, 0.4) is 0 Å². The van der Waals surface area contributed by atoms with E-state index in [4.69, 9.17) is 5.73 Å². The molecule has 5 nitrogen and oxygen atoms in total. The average Bonchev–Trinajstić information content (AvgIpc) is 2.45. The van der Waals surface area contributed by atoms with Crippen LogP contribution in [0.15, 0.2) is 23.4 Å². The Morgan fingerprint density at radius 3 is 3.05 bits per heavy atom. The molecule has 2 rings (SSSR count). The minimum Gasteiger partial charge on any atom is -0.320 e. The van der Waals surface area contributed by atoms with Gasteiger partial charge in [0.2, 0.25) is 10.0 Å². The fourth-order valence-corrected chi connectivity index (χ4v) is 4.68. The standard InChI is InChI=1S/C13H17N3O2S2/c1-11-10-16(5-6-19-11)20(17,18)13-7-12(3-2-4-14)8-15-9-13/h7-9,11H,4-6,10,14H2,1H3. The summed E-state index contributed by atoms with van der Waals surface area (Å²) in [6, 6.07) is 1.55. The third kappa shape index (κ3) is 3.52. The molecule has 1 aromatic heterocycles. The van der Waals surface area contributed by atoms with E-state index >= 15 is 0 Å². The van der Waals surface area contributed by atoms with Crippen LogP contribution >= 0.6 is 11.8 Å². The van der Waals surface area contributed by atoms with Gasteiger partial charge in [-0.1, -0.05) is 18.8 Å². The SMILES string of the molecule is CC1CN(S(=O)(=O)c2cncc(C#CCN)c2)CCS1. The number of aromatic nitrogens is 1. The van der Waals surface area contributed by atoms with E-state index in [0.717, 1.165) is 5.75 Å². The van der Waals surface area contributed by atoms with Gasteiger partial charge in [0.25, 0.3) is 0 Å². The largest absolute Gasteiger partial charge is 0.320 e. The van der Waals surface area contributed by atoms with Gasteiger partial charge >= 0.3 is 0 Å². The second-order valence-corrected chi connectivity index (χ2v) is 7.94. The third-order valence-corrected chi connectivity index (χ3v) is 5.86. The molecular weight excluding hydrogens is 294 g/mol. The van der Waals surface area contributed by atoms with E-state index in [-0.39, 0.29) is 11.4 Å². The first-order valence-corrected chi connectivity index (χ1v) is 8.78. The third-order valence-electron chi connectivity index (χ3n) is 2.89. The Morgan fingerprint density at radius 1 is 1.55 bits per heavy atom. The lowest BCUT2D eigenvalue weighted by atomic mass is 10.3. The van der Waals surface area contributed by atoms with Crippen LogP contribution in [-0.4, -0.2) is 48.3 Å². The topological polar surface area (TPSA) is 76.3 Å². The van der Waals surface area contributed by atoms with E-state index in [1.165, 1.54) is 16.7 Å². The van der Waals surface area contributed by atoms with E-state index < -0.39 is 10.0 Å². The summed E-state index contributed by atoms with van der Waals surface area (Å²) in [6.45, 7) is 3.34. The molecule has 1 aliphatic heterocycles. The number of nitrogens with zero attached hydrogens (tertiary/aromatic N) is 2. The van der Waals surface area contributed by atoms with Crippen LogP contribution in [0.5, 0.6) is 0 Å². The molecule has 2 N–H and O–H groups in total. The van der Waals surface area contributed by atoms with Gasteiger partial charge in [0.15, 0.2) is 0 Å². The van der Waals surface area contributed by atoms with Crippen molar-refractivity contribution < 1.29 is 8.42 Å². The Hall–Kier alpha value is -1.07. The minimum absolute atomic E-state index is 0.195. The van der Waals surface area contributed by atoms with E-state index in [1.807, 2.05) is 6.92 Å². The first-order chi connectivity index (χ1) is 9.54. The first-order valence-electron chi connectivity index (χ1n) is 6.30. The molecule has 0 radical (unpaired) electrons. The summed E-state index contributed by atoms with van der Waals surface area (Å²) >= 11 is 1.79. The maximum absolute atomic E-state index is 12.6. The molecule has 1 unspecified atom stereocenters. The Bertz CT molecular complexity index is 635. The summed E-state index contributed by atoms with van der Waals surface area (Å²) in [7, 11) is -3.48. The summed E-state index contributed by atoms with van der Waals surface area (Å²) in [5.41, 5.74) is 5.88. The zero-order valence-electron chi connectivity index (χ0n) is 11.2. The molecule has 0 aliphatic carbocycles. The normalized spacial score (nSPS) is 20.2. The predicted molar refractivity (Wildman–Crippen MR) is 80.8 cm³/mol. The van der Waals surface area contributed by atoms with Gasteiger partial charge in [-0.2, -0.15) is 16.1 Å². The monoisotopic (exact) mass is 311 g/mol. The Morgan fingerprint density at radius 2 is 2.35 bits per heavy atom. The molecule has 20 heavy (non-hydrogen) atoms. The lowest BCUT2D eigenvalue weighted by Gasteiger charge is -2.29. The van der Waals surface area contributed by atoms with Crippen LogP contribution in [0, 0.1) is 11.8 Å². The molecule has 7 heteroatoms. The van der Waals surface area contributed by atoms with Crippen LogP contribution < -0.4 is 5.73 Å². The van der Waals surface area contributed by atoms with Crippen molar-refractivity contribution >= 4 is 21.8 Å². The molecule has 108 valence electrons. The zero-order valence-corrected chi connectivity index (χ0v) is 12.9. The lowest BCUT2D eigenvalue weighted by molar-refractivity contribution is 0.424. The van der Waals surface area contributed by atoms with Crippen LogP contribution in [0.2, 0.25) is 0 Å². The highest BCUT2D eigenvalue weighted by Crippen LogP contribution is 2.24. The van der Waals surface area contributed by atoms with Crippen molar-refractivity contribution in [1.82, 2.24) is 9.29 Å². The second kappa shape index (κ2) is 6.59. The van der Waals surface area contributed by atoms with Gasteiger partial charge in [0.05, 0.1) is 6.54 Å². The van der Waals surface area contributed by atoms with Gasteiger partial charge in [0, 0.05) is 42.0 Å². The molecule has 0 saturated carbocycles. The maximum atomic E-state index is 12.6. The van der Waals surface area contributed by atoms with Crippen molar-refractivity contribution in [1.29, 1.82) is 0 Å². The van der Waals surface area contributed by atoms with E-state index in [1.54, 1.807) is 17.8 Å². The molecule has 1 aliphatic rings. The second-order valence-electron chi connectivity index (χ2n) is 4.46. The number of thioether (sulfide) groups is 1. The van der Waals surface area contributed by atoms with Gasteiger partial charge in [0.1, 0.15) is 4.90 Å². The molecular formula is C13H17N3O2S2. The fraction of sp³-hybridized carbons (Fsp3) is 0.462. The van der Waals surface area contributed by atoms with Crippen molar-refractivity contribution in [2.75, 3.05) is 25.4 Å². The number of nitrogens with two attached hydrogens (primary N) is 1. The molecule has 0 bridgehead atoms. The summed E-state index contributed by atoms with van der Waals surface area (Å²) in [5.74, 6) is 6.32. The van der Waals surface area contributed by atoms with Gasteiger partial charge in [-0.05, 0) is 6.07 Å². The van der Waals surface area contributed by atoms with Crippen LogP contribution in [0.4, 0.5) is 0 Å². The van der Waals surface area contributed by atoms with Gasteiger partial charge < -0.3 is 5.73 Å². The average molecular weight is 311 g/mol. The van der Waals surface area contributed by atoms with E-state index in [2.05, 4.69) is 16.8 Å². The zero-order chi connectivity index (χ0) is 14.6. The van der Waals surface area contributed by atoms with Crippen LogP contribution in [0.25, 0.3) is 0 Å². The van der Waals surface area contributed by atoms with Gasteiger partial charge in [-0.25, -0.2) is 8.42 Å². The molecule has 1 fully saturated rings. The summed E-state index contributed by atoms with van der Waals surface area (Å²) in [4.78, 5) is 4.16. The van der Waals surface area contributed by atoms with Crippen molar-refractivity contribution in [2.45, 2.75) is 17.1 Å². The number of hydrogen-bond donors (Lipinski definition) is 1. The number of rotatable bonds is 2. The summed E-state index contributed by atoms with van der Waals surface area (Å²) < 4.78 is 26.6. The Kier molecular flexibility index (Phi) is 5.05. The van der Waals surface area contributed by atoms with Crippen molar-refractivity contribution in [3.05, 3.63) is 24.0 Å². The van der Waals surface area contributed by atoms with Crippen LogP contribution in [0.1, 0.15) is 12.5 Å². The fourth-order valence-electron chi connectivity index (χ4n) is 1.94. The smallest absolute Gasteiger partial charge is 0.244 e. The van der Waals surface area contributed by atoms with Gasteiger partial charge in [-0.3, -0.25) is 4.98 Å². The summed E-state index contributed by atoms with van der Waals surface area (Å²) in [6.07, 6.45) is 2.91. The lowest BCUT2D eigenvalue weighted by Crippen LogP contribution is -2.40. The van der Waals surface area contributed by atoms with Gasteiger partial charge in [-0.15, -0.1) is 0 Å². The quantitative estimate of drug-likeness (QED) is 0.806. The van der Waals surface area contributed by atoms with Crippen LogP contribution in [-0.2, 0) is 10.0 Å². The molecule has 1 saturated heterocycles. The molecule has 0 amide bonds. The molecule has 0 aromatic carbocycles. The molecule has 2 heterocycles. The number of pyridine rings is 1. The highest BCUT2D eigenvalue weighted by molar-refractivity contribution is 8.00. The Balaban J connectivity index is 2.29. The molecule has 1 atom stereocenters. The maximum Gasteiger partial charge on any atom is 0.244 e. The Labute approximate surface area is 124 Å². The van der Waals surface area contributed by atoms with Crippen molar-refractivity contribution in [3.8, 4) is 11.8 Å². The number of sulfonamides is 1. The highest BCUT2D eigenvalue weighted by Gasteiger charge is 2.29. The molecule has 1 aromatic rings.